The molecule has 0 aliphatic heterocycles. The normalized spacial score (nSPS) is 33.8. The number of anilines is 1. The van der Waals surface area contributed by atoms with Gasteiger partial charge in [0.15, 0.2) is 5.96 Å². The van der Waals surface area contributed by atoms with Crippen LogP contribution in [0.15, 0.2) is 33.7 Å². The van der Waals surface area contributed by atoms with Gasteiger partial charge < -0.3 is 11.1 Å². The van der Waals surface area contributed by atoms with E-state index in [2.05, 4.69) is 45.5 Å². The summed E-state index contributed by atoms with van der Waals surface area (Å²) in [5.74, 6) is 4.09. The first-order valence-corrected chi connectivity index (χ1v) is 11.3. The maximum Gasteiger partial charge on any atom is 0.193 e. The van der Waals surface area contributed by atoms with E-state index in [0.717, 1.165) is 46.7 Å². The molecule has 0 amide bonds. The van der Waals surface area contributed by atoms with Crippen LogP contribution in [0.25, 0.3) is 10.8 Å². The predicted molar refractivity (Wildman–Crippen MR) is 115 cm³/mol. The summed E-state index contributed by atoms with van der Waals surface area (Å²) in [6.07, 6.45) is 9.18. The lowest BCUT2D eigenvalue weighted by atomic mass is 9.54. The molecule has 4 saturated carbocycles. The van der Waals surface area contributed by atoms with Gasteiger partial charge in [0.05, 0.1) is 11.7 Å². The third kappa shape index (κ3) is 2.55. The zero-order chi connectivity index (χ0) is 18.1. The highest BCUT2D eigenvalue weighted by atomic mass is 79.9. The zero-order valence-electron chi connectivity index (χ0n) is 15.5. The van der Waals surface area contributed by atoms with Crippen LogP contribution in [0.3, 0.4) is 0 Å². The van der Waals surface area contributed by atoms with E-state index in [1.165, 1.54) is 54.0 Å². The van der Waals surface area contributed by atoms with Gasteiger partial charge in [-0.1, -0.05) is 18.2 Å². The summed E-state index contributed by atoms with van der Waals surface area (Å²) in [7, 11) is 0. The minimum atomic E-state index is 0.439. The van der Waals surface area contributed by atoms with Crippen LogP contribution in [0.5, 0.6) is 0 Å². The van der Waals surface area contributed by atoms with Crippen LogP contribution in [-0.2, 0) is 12.8 Å². The number of aryl methyl sites for hydroxylation is 2. The SMILES string of the molecule is NC(=NC1C2CC3CC(C2)CC1C3)Nc1c(Br)cc2cccc3c2c1CC3. The predicted octanol–water partition coefficient (Wildman–Crippen LogP) is 5.25. The van der Waals surface area contributed by atoms with Gasteiger partial charge in [0, 0.05) is 4.47 Å². The van der Waals surface area contributed by atoms with Crippen molar-refractivity contribution in [1.29, 1.82) is 0 Å². The Labute approximate surface area is 168 Å². The lowest BCUT2D eigenvalue weighted by molar-refractivity contribution is 0.00124. The van der Waals surface area contributed by atoms with Crippen LogP contribution in [0, 0.1) is 23.7 Å². The number of rotatable bonds is 2. The van der Waals surface area contributed by atoms with Crippen molar-refractivity contribution in [3.8, 4) is 0 Å². The van der Waals surface area contributed by atoms with Crippen LogP contribution in [0.1, 0.15) is 43.2 Å². The number of hydrogen-bond donors (Lipinski definition) is 2. The molecule has 5 aliphatic rings. The minimum Gasteiger partial charge on any atom is -0.370 e. The van der Waals surface area contributed by atoms with Crippen LogP contribution in [0.2, 0.25) is 0 Å². The smallest absolute Gasteiger partial charge is 0.193 e. The summed E-state index contributed by atoms with van der Waals surface area (Å²) in [6.45, 7) is 0. The summed E-state index contributed by atoms with van der Waals surface area (Å²) in [5.41, 5.74) is 10.4. The van der Waals surface area contributed by atoms with Gasteiger partial charge >= 0.3 is 0 Å². The van der Waals surface area contributed by atoms with Crippen molar-refractivity contribution in [2.45, 2.75) is 51.0 Å². The van der Waals surface area contributed by atoms with Gasteiger partial charge in [0.25, 0.3) is 0 Å². The first kappa shape index (κ1) is 16.4. The lowest BCUT2D eigenvalue weighted by Gasteiger charge is -2.53. The topological polar surface area (TPSA) is 50.4 Å². The molecule has 0 saturated heterocycles. The molecule has 4 heteroatoms. The Kier molecular flexibility index (Phi) is 3.63. The molecule has 27 heavy (non-hydrogen) atoms. The Morgan fingerprint density at radius 3 is 2.52 bits per heavy atom. The second-order valence-electron chi connectivity index (χ2n) is 9.29. The highest BCUT2D eigenvalue weighted by Crippen LogP contribution is 2.54. The molecule has 0 heterocycles. The number of nitrogens with one attached hydrogen (secondary N) is 1. The van der Waals surface area contributed by atoms with Gasteiger partial charge in [-0.25, -0.2) is 4.99 Å². The van der Waals surface area contributed by atoms with Gasteiger partial charge in [-0.3, -0.25) is 0 Å². The largest absolute Gasteiger partial charge is 0.370 e. The molecule has 0 radical (unpaired) electrons. The van der Waals surface area contributed by atoms with E-state index in [4.69, 9.17) is 10.7 Å². The molecule has 0 aromatic heterocycles. The maximum atomic E-state index is 6.46. The first-order valence-electron chi connectivity index (χ1n) is 10.5. The first-order chi connectivity index (χ1) is 13.2. The fourth-order valence-corrected chi connectivity index (χ4v) is 7.45. The van der Waals surface area contributed by atoms with Crippen molar-refractivity contribution in [3.63, 3.8) is 0 Å². The van der Waals surface area contributed by atoms with Crippen molar-refractivity contribution >= 4 is 38.3 Å². The monoisotopic (exact) mass is 423 g/mol. The van der Waals surface area contributed by atoms with Crippen LogP contribution >= 0.6 is 15.9 Å². The maximum absolute atomic E-state index is 6.46. The molecule has 4 fully saturated rings. The Balaban J connectivity index is 1.32. The Morgan fingerprint density at radius 1 is 1.04 bits per heavy atom. The van der Waals surface area contributed by atoms with Gasteiger partial charge in [-0.15, -0.1) is 0 Å². The molecule has 140 valence electrons. The quantitative estimate of drug-likeness (QED) is 0.511. The third-order valence-corrected chi connectivity index (χ3v) is 8.30. The van der Waals surface area contributed by atoms with E-state index in [1.54, 1.807) is 0 Å². The van der Waals surface area contributed by atoms with E-state index in [9.17, 15) is 0 Å². The molecule has 5 aliphatic carbocycles. The molecule has 3 nitrogen and oxygen atoms in total. The number of nitrogens with zero attached hydrogens (tertiary/aromatic N) is 1. The number of hydrogen-bond acceptors (Lipinski definition) is 1. The van der Waals surface area contributed by atoms with Gasteiger partial charge in [-0.05, 0) is 113 Å². The van der Waals surface area contributed by atoms with E-state index in [-0.39, 0.29) is 0 Å². The summed E-state index contributed by atoms with van der Waals surface area (Å²) in [6, 6.07) is 9.27. The molecule has 4 bridgehead atoms. The van der Waals surface area contributed by atoms with Crippen molar-refractivity contribution < 1.29 is 0 Å². The molecule has 3 N–H and O–H groups in total. The summed E-state index contributed by atoms with van der Waals surface area (Å²) >= 11 is 3.78. The number of guanidine groups is 1. The van der Waals surface area contributed by atoms with Gasteiger partial charge in [0.1, 0.15) is 0 Å². The molecular formula is C23H26BrN3. The van der Waals surface area contributed by atoms with Crippen LogP contribution in [0.4, 0.5) is 5.69 Å². The number of benzene rings is 2. The highest BCUT2D eigenvalue weighted by Gasteiger charge is 2.48. The van der Waals surface area contributed by atoms with E-state index in [1.807, 2.05) is 0 Å². The Bertz CT molecular complexity index is 936. The lowest BCUT2D eigenvalue weighted by Crippen LogP contribution is -2.48. The molecule has 7 rings (SSSR count). The molecule has 2 aromatic rings. The summed E-state index contributed by atoms with van der Waals surface area (Å²) in [4.78, 5) is 5.05. The average molecular weight is 424 g/mol. The standard InChI is InChI=1S/C23H26BrN3/c24-19-11-15-3-1-2-14-4-5-18(20(14)15)22(19)27-23(25)26-21-16-7-12-6-13(9-16)10-17(21)8-12/h1-3,11-13,16-17,21H,4-10H2,(H3,25,26,27). The van der Waals surface area contributed by atoms with Crippen molar-refractivity contribution in [1.82, 2.24) is 0 Å². The number of nitrogens with two attached hydrogens (primary N) is 1. The van der Waals surface area contributed by atoms with Crippen LogP contribution < -0.4 is 11.1 Å². The van der Waals surface area contributed by atoms with Crippen LogP contribution in [-0.4, -0.2) is 12.0 Å². The Hall–Kier alpha value is -1.55. The fraction of sp³-hybridized carbons (Fsp3) is 0.522. The van der Waals surface area contributed by atoms with Crippen molar-refractivity contribution in [3.05, 3.63) is 39.9 Å². The average Bonchev–Trinajstić information content (AvgIpc) is 3.06. The molecule has 0 atom stereocenters. The summed E-state index contributed by atoms with van der Waals surface area (Å²) in [5, 5.41) is 6.22. The third-order valence-electron chi connectivity index (χ3n) is 7.67. The fourth-order valence-electron chi connectivity index (χ4n) is 6.87. The van der Waals surface area contributed by atoms with Crippen molar-refractivity contribution in [2.75, 3.05) is 5.32 Å². The zero-order valence-corrected chi connectivity index (χ0v) is 17.1. The molecule has 0 unspecified atom stereocenters. The van der Waals surface area contributed by atoms with Gasteiger partial charge in [0.2, 0.25) is 0 Å². The van der Waals surface area contributed by atoms with E-state index in [0.29, 0.717) is 12.0 Å². The Morgan fingerprint density at radius 2 is 1.78 bits per heavy atom. The second kappa shape index (κ2) is 5.97. The minimum absolute atomic E-state index is 0.439. The summed E-state index contributed by atoms with van der Waals surface area (Å²) < 4.78 is 1.09. The number of aliphatic imine (C=N–C) groups is 1. The van der Waals surface area contributed by atoms with Crippen molar-refractivity contribution in [2.24, 2.45) is 34.4 Å². The molecular weight excluding hydrogens is 398 g/mol. The molecule has 0 spiro atoms. The highest BCUT2D eigenvalue weighted by molar-refractivity contribution is 9.10. The second-order valence-corrected chi connectivity index (χ2v) is 10.1. The number of halogens is 1. The van der Waals surface area contributed by atoms with E-state index >= 15 is 0 Å². The van der Waals surface area contributed by atoms with E-state index < -0.39 is 0 Å². The molecule has 2 aromatic carbocycles. The van der Waals surface area contributed by atoms with Gasteiger partial charge in [-0.2, -0.15) is 0 Å².